The molecule has 0 bridgehead atoms. The fourth-order valence-corrected chi connectivity index (χ4v) is 2.25. The maximum Gasteiger partial charge on any atom is 0.224 e. The van der Waals surface area contributed by atoms with Gasteiger partial charge >= 0.3 is 0 Å². The van der Waals surface area contributed by atoms with Gasteiger partial charge in [0.05, 0.1) is 5.92 Å². The van der Waals surface area contributed by atoms with Crippen molar-refractivity contribution in [2.75, 3.05) is 6.61 Å². The second-order valence-electron chi connectivity index (χ2n) is 5.98. The van der Waals surface area contributed by atoms with E-state index in [1.165, 1.54) is 0 Å². The molecule has 1 N–H and O–H groups in total. The molecule has 3 nitrogen and oxygen atoms in total. The Balaban J connectivity index is 2.50. The molecule has 138 valence electrons. The van der Waals surface area contributed by atoms with Crippen molar-refractivity contribution < 1.29 is 9.53 Å². The van der Waals surface area contributed by atoms with Gasteiger partial charge in [-0.15, -0.1) is 6.42 Å². The second kappa shape index (κ2) is 12.6. The molecule has 1 atom stereocenters. The molecule has 0 heterocycles. The van der Waals surface area contributed by atoms with Crippen LogP contribution in [0.25, 0.3) is 5.76 Å². The van der Waals surface area contributed by atoms with Crippen LogP contribution in [0.5, 0.6) is 0 Å². The smallest absolute Gasteiger partial charge is 0.224 e. The van der Waals surface area contributed by atoms with E-state index in [-0.39, 0.29) is 11.8 Å². The van der Waals surface area contributed by atoms with Crippen molar-refractivity contribution >= 4 is 11.7 Å². The van der Waals surface area contributed by atoms with Crippen LogP contribution < -0.4 is 5.32 Å². The van der Waals surface area contributed by atoms with Gasteiger partial charge in [-0.25, -0.2) is 0 Å². The Kier molecular flexibility index (Phi) is 10.3. The van der Waals surface area contributed by atoms with Gasteiger partial charge in [0, 0.05) is 17.7 Å². The molecule has 0 radical (unpaired) electrons. The fraction of sp³-hybridized carbons (Fsp3) is 0.348. The van der Waals surface area contributed by atoms with Crippen molar-refractivity contribution in [3.8, 4) is 12.3 Å². The lowest BCUT2D eigenvalue weighted by molar-refractivity contribution is -0.120. The van der Waals surface area contributed by atoms with Crippen LogP contribution in [-0.4, -0.2) is 12.5 Å². The van der Waals surface area contributed by atoms with Gasteiger partial charge in [-0.2, -0.15) is 0 Å². The lowest BCUT2D eigenvalue weighted by Crippen LogP contribution is -2.21. The summed E-state index contributed by atoms with van der Waals surface area (Å²) in [7, 11) is 0. The number of carbonyl (C=O) groups excluding carboxylic acids is 1. The standard InChI is InChI=1S/C23H29NO2/c1-5-8-10-15-23(25)24-22(7-3)17-16-20(6-2)18-26-19(4)21-13-11-9-12-14-21/h2,7,9,11-14,16-17,20H,4-5,8,10,15,18H2,1,3H3,(H,24,25)/b17-16-,22-7+. The molecule has 0 aromatic heterocycles. The predicted molar refractivity (Wildman–Crippen MR) is 109 cm³/mol. The summed E-state index contributed by atoms with van der Waals surface area (Å²) < 4.78 is 5.70. The molecule has 0 fully saturated rings. The normalized spacial score (nSPS) is 12.4. The summed E-state index contributed by atoms with van der Waals surface area (Å²) in [5, 5.41) is 2.90. The molecule has 0 saturated carbocycles. The minimum atomic E-state index is -0.206. The molecule has 0 aliphatic heterocycles. The van der Waals surface area contributed by atoms with Crippen LogP contribution in [0, 0.1) is 18.3 Å². The third-order valence-corrected chi connectivity index (χ3v) is 3.86. The molecule has 1 aromatic rings. The number of unbranched alkanes of at least 4 members (excludes halogenated alkanes) is 2. The third kappa shape index (κ3) is 8.39. The highest BCUT2D eigenvalue weighted by molar-refractivity contribution is 5.78. The van der Waals surface area contributed by atoms with Gasteiger partial charge in [-0.05, 0) is 19.4 Å². The topological polar surface area (TPSA) is 38.3 Å². The largest absolute Gasteiger partial charge is 0.492 e. The Morgan fingerprint density at radius 2 is 2.08 bits per heavy atom. The zero-order valence-electron chi connectivity index (χ0n) is 15.8. The number of hydrogen-bond donors (Lipinski definition) is 1. The van der Waals surface area contributed by atoms with Crippen molar-refractivity contribution in [1.29, 1.82) is 0 Å². The number of allylic oxidation sites excluding steroid dienone is 2. The van der Waals surface area contributed by atoms with Gasteiger partial charge in [-0.3, -0.25) is 4.79 Å². The Morgan fingerprint density at radius 1 is 1.35 bits per heavy atom. The monoisotopic (exact) mass is 351 g/mol. The number of benzene rings is 1. The molecule has 3 heteroatoms. The van der Waals surface area contributed by atoms with E-state index in [2.05, 4.69) is 24.7 Å². The van der Waals surface area contributed by atoms with E-state index in [1.807, 2.05) is 55.5 Å². The Bertz CT molecular complexity index is 665. The lowest BCUT2D eigenvalue weighted by atomic mass is 10.1. The highest BCUT2D eigenvalue weighted by Crippen LogP contribution is 2.14. The van der Waals surface area contributed by atoms with E-state index >= 15 is 0 Å². The average molecular weight is 351 g/mol. The van der Waals surface area contributed by atoms with E-state index < -0.39 is 0 Å². The zero-order chi connectivity index (χ0) is 19.2. The van der Waals surface area contributed by atoms with Crippen molar-refractivity contribution in [2.24, 2.45) is 5.92 Å². The van der Waals surface area contributed by atoms with E-state index in [0.717, 1.165) is 30.5 Å². The molecule has 0 aliphatic carbocycles. The third-order valence-electron chi connectivity index (χ3n) is 3.86. The summed E-state index contributed by atoms with van der Waals surface area (Å²) >= 11 is 0. The van der Waals surface area contributed by atoms with Crippen LogP contribution in [0.4, 0.5) is 0 Å². The number of rotatable bonds is 11. The first kappa shape index (κ1) is 21.3. The Morgan fingerprint density at radius 3 is 2.69 bits per heavy atom. The number of nitrogens with one attached hydrogen (secondary N) is 1. The van der Waals surface area contributed by atoms with Gasteiger partial charge in [0.15, 0.2) is 0 Å². The number of hydrogen-bond acceptors (Lipinski definition) is 2. The molecule has 1 aromatic carbocycles. The van der Waals surface area contributed by atoms with E-state index in [4.69, 9.17) is 11.2 Å². The van der Waals surface area contributed by atoms with Crippen molar-refractivity contribution in [3.63, 3.8) is 0 Å². The molecule has 0 spiro atoms. The molecule has 26 heavy (non-hydrogen) atoms. The summed E-state index contributed by atoms with van der Waals surface area (Å²) in [5.74, 6) is 3.11. The Hall–Kier alpha value is -2.73. The van der Waals surface area contributed by atoms with Crippen LogP contribution in [-0.2, 0) is 9.53 Å². The van der Waals surface area contributed by atoms with E-state index in [1.54, 1.807) is 0 Å². The summed E-state index contributed by atoms with van der Waals surface area (Å²) in [6, 6.07) is 9.69. The van der Waals surface area contributed by atoms with Crippen molar-refractivity contribution in [2.45, 2.75) is 39.5 Å². The molecule has 1 amide bonds. The minimum absolute atomic E-state index is 0.0298. The minimum Gasteiger partial charge on any atom is -0.492 e. The molecule has 0 saturated heterocycles. The van der Waals surface area contributed by atoms with Gasteiger partial charge in [0.1, 0.15) is 12.4 Å². The zero-order valence-corrected chi connectivity index (χ0v) is 15.8. The molecule has 0 aliphatic rings. The molecular formula is C23H29NO2. The summed E-state index contributed by atoms with van der Waals surface area (Å²) in [5.41, 5.74) is 1.68. The lowest BCUT2D eigenvalue weighted by Gasteiger charge is -2.12. The summed E-state index contributed by atoms with van der Waals surface area (Å²) in [6.07, 6.45) is 14.7. The molecular weight excluding hydrogens is 322 g/mol. The van der Waals surface area contributed by atoms with Gasteiger partial charge in [-0.1, -0.05) is 74.7 Å². The predicted octanol–water partition coefficient (Wildman–Crippen LogP) is 5.08. The number of carbonyl (C=O) groups is 1. The first-order valence-electron chi connectivity index (χ1n) is 9.08. The first-order valence-corrected chi connectivity index (χ1v) is 9.08. The van der Waals surface area contributed by atoms with Crippen LogP contribution in [0.3, 0.4) is 0 Å². The molecule has 1 rings (SSSR count). The van der Waals surface area contributed by atoms with E-state index in [0.29, 0.717) is 18.8 Å². The second-order valence-corrected chi connectivity index (χ2v) is 5.98. The van der Waals surface area contributed by atoms with Gasteiger partial charge < -0.3 is 10.1 Å². The van der Waals surface area contributed by atoms with Gasteiger partial charge in [0.25, 0.3) is 0 Å². The SMILES string of the molecule is C#CC(/C=C\C(=C/C)NC(=O)CCCCC)COC(=C)c1ccccc1. The maximum absolute atomic E-state index is 11.9. The number of amides is 1. The Labute approximate surface area is 157 Å². The van der Waals surface area contributed by atoms with Crippen LogP contribution in [0.2, 0.25) is 0 Å². The first-order chi connectivity index (χ1) is 12.6. The van der Waals surface area contributed by atoms with Crippen LogP contribution in [0.1, 0.15) is 45.1 Å². The van der Waals surface area contributed by atoms with Gasteiger partial charge in [0.2, 0.25) is 5.91 Å². The number of ether oxygens (including phenoxy) is 1. The van der Waals surface area contributed by atoms with Crippen LogP contribution >= 0.6 is 0 Å². The van der Waals surface area contributed by atoms with E-state index in [9.17, 15) is 4.79 Å². The average Bonchev–Trinajstić information content (AvgIpc) is 2.67. The highest BCUT2D eigenvalue weighted by Gasteiger charge is 2.06. The maximum atomic E-state index is 11.9. The van der Waals surface area contributed by atoms with Crippen LogP contribution in [0.15, 0.2) is 60.8 Å². The van der Waals surface area contributed by atoms with Crippen molar-refractivity contribution in [1.82, 2.24) is 5.32 Å². The molecule has 1 unspecified atom stereocenters. The highest BCUT2D eigenvalue weighted by atomic mass is 16.5. The quantitative estimate of drug-likeness (QED) is 0.261. The number of terminal acetylenes is 1. The summed E-state index contributed by atoms with van der Waals surface area (Å²) in [4.78, 5) is 11.9. The van der Waals surface area contributed by atoms with Crippen molar-refractivity contribution in [3.05, 3.63) is 66.4 Å². The summed E-state index contributed by atoms with van der Waals surface area (Å²) in [6.45, 7) is 8.27. The fourth-order valence-electron chi connectivity index (χ4n) is 2.25.